The lowest BCUT2D eigenvalue weighted by Crippen LogP contribution is -2.42. The lowest BCUT2D eigenvalue weighted by atomic mass is 10.1. The fraction of sp³-hybridized carbons (Fsp3) is 0.267. The van der Waals surface area contributed by atoms with Gasteiger partial charge in [0.2, 0.25) is 0 Å². The van der Waals surface area contributed by atoms with Crippen LogP contribution in [-0.2, 0) is 11.2 Å². The largest absolute Gasteiger partial charge is 0.480 e. The Morgan fingerprint density at radius 3 is 2.67 bits per heavy atom. The number of carbonyl (C=O) groups excluding carboxylic acids is 1. The van der Waals surface area contributed by atoms with E-state index in [-0.39, 0.29) is 5.91 Å². The summed E-state index contributed by atoms with van der Waals surface area (Å²) < 4.78 is 0. The van der Waals surface area contributed by atoms with Crippen LogP contribution in [0.3, 0.4) is 0 Å². The molecule has 2 aromatic rings. The molecule has 6 heteroatoms. The minimum Gasteiger partial charge on any atom is -0.480 e. The molecule has 0 saturated heterocycles. The maximum absolute atomic E-state index is 12.8. The van der Waals surface area contributed by atoms with E-state index in [0.29, 0.717) is 22.7 Å². The third kappa shape index (κ3) is 2.21. The van der Waals surface area contributed by atoms with Crippen molar-refractivity contribution in [2.24, 2.45) is 0 Å². The van der Waals surface area contributed by atoms with Crippen molar-refractivity contribution in [2.75, 3.05) is 4.90 Å². The molecule has 21 heavy (non-hydrogen) atoms. The molecule has 1 aliphatic heterocycles. The van der Waals surface area contributed by atoms with Gasteiger partial charge in [0, 0.05) is 12.1 Å². The number of hydrogen-bond acceptors (Lipinski definition) is 4. The highest BCUT2D eigenvalue weighted by Crippen LogP contribution is 2.34. The molecule has 0 unspecified atom stereocenters. The summed E-state index contributed by atoms with van der Waals surface area (Å²) in [4.78, 5) is 30.4. The molecule has 1 amide bonds. The van der Waals surface area contributed by atoms with Crippen LogP contribution in [0.15, 0.2) is 24.3 Å². The molecule has 108 valence electrons. The van der Waals surface area contributed by atoms with Crippen molar-refractivity contribution >= 4 is 28.9 Å². The summed E-state index contributed by atoms with van der Waals surface area (Å²) >= 11 is 1.30. The van der Waals surface area contributed by atoms with Crippen molar-refractivity contribution in [1.82, 2.24) is 4.98 Å². The van der Waals surface area contributed by atoms with Gasteiger partial charge in [0.1, 0.15) is 10.9 Å². The van der Waals surface area contributed by atoms with Crippen molar-refractivity contribution < 1.29 is 14.7 Å². The number of aryl methyl sites for hydroxylation is 2. The third-order valence-electron chi connectivity index (χ3n) is 3.58. The highest BCUT2D eigenvalue weighted by Gasteiger charge is 2.39. The number of rotatable bonds is 2. The summed E-state index contributed by atoms with van der Waals surface area (Å²) in [6.45, 7) is 3.61. The molecule has 1 aromatic carbocycles. The second kappa shape index (κ2) is 4.96. The monoisotopic (exact) mass is 302 g/mol. The van der Waals surface area contributed by atoms with Crippen molar-refractivity contribution in [2.45, 2.75) is 26.3 Å². The number of anilines is 1. The average molecular weight is 302 g/mol. The number of amides is 1. The van der Waals surface area contributed by atoms with Crippen LogP contribution < -0.4 is 4.90 Å². The van der Waals surface area contributed by atoms with Gasteiger partial charge < -0.3 is 5.11 Å². The average Bonchev–Trinajstić information content (AvgIpc) is 2.98. The van der Waals surface area contributed by atoms with Crippen LogP contribution in [0, 0.1) is 13.8 Å². The van der Waals surface area contributed by atoms with Gasteiger partial charge in [0.25, 0.3) is 5.91 Å². The summed E-state index contributed by atoms with van der Waals surface area (Å²) in [5, 5.41) is 10.2. The van der Waals surface area contributed by atoms with Gasteiger partial charge in [-0.2, -0.15) is 0 Å². The van der Waals surface area contributed by atoms with E-state index in [4.69, 9.17) is 0 Å². The van der Waals surface area contributed by atoms with E-state index >= 15 is 0 Å². The number of para-hydroxylation sites is 1. The number of carboxylic acids is 1. The highest BCUT2D eigenvalue weighted by molar-refractivity contribution is 7.13. The summed E-state index contributed by atoms with van der Waals surface area (Å²) in [6, 6.07) is 6.47. The molecule has 3 rings (SSSR count). The zero-order valence-electron chi connectivity index (χ0n) is 11.7. The van der Waals surface area contributed by atoms with Crippen LogP contribution in [0.1, 0.15) is 25.9 Å². The van der Waals surface area contributed by atoms with Gasteiger partial charge in [-0.1, -0.05) is 18.2 Å². The number of hydrogen-bond donors (Lipinski definition) is 1. The molecule has 1 N–H and O–H groups in total. The van der Waals surface area contributed by atoms with Gasteiger partial charge >= 0.3 is 5.97 Å². The Hall–Kier alpha value is -2.21. The molecule has 1 atom stereocenters. The molecule has 1 aliphatic rings. The van der Waals surface area contributed by atoms with Crippen LogP contribution in [0.25, 0.3) is 0 Å². The number of fused-ring (bicyclic) bond motifs is 1. The van der Waals surface area contributed by atoms with Crippen LogP contribution in [-0.4, -0.2) is 28.0 Å². The SMILES string of the molecule is Cc1nc(C)c(C(=O)N2c3ccccc3C[C@H]2C(=O)O)s1. The maximum Gasteiger partial charge on any atom is 0.327 e. The van der Waals surface area contributed by atoms with Crippen LogP contribution in [0.4, 0.5) is 5.69 Å². The maximum atomic E-state index is 12.8. The Morgan fingerprint density at radius 2 is 2.05 bits per heavy atom. The predicted octanol–water partition coefficient (Wildman–Crippen LogP) is 2.42. The molecule has 1 aromatic heterocycles. The molecular weight excluding hydrogens is 288 g/mol. The van der Waals surface area contributed by atoms with E-state index in [0.717, 1.165) is 10.6 Å². The number of carbonyl (C=O) groups is 2. The van der Waals surface area contributed by atoms with Gasteiger partial charge in [-0.3, -0.25) is 9.69 Å². The van der Waals surface area contributed by atoms with Gasteiger partial charge in [-0.25, -0.2) is 9.78 Å². The second-order valence-corrected chi connectivity index (χ2v) is 6.21. The Labute approximate surface area is 125 Å². The minimum atomic E-state index is -0.988. The van der Waals surface area contributed by atoms with E-state index in [1.807, 2.05) is 25.1 Å². The summed E-state index contributed by atoms with van der Waals surface area (Å²) in [6.07, 6.45) is 0.341. The van der Waals surface area contributed by atoms with Crippen molar-refractivity contribution in [3.05, 3.63) is 45.4 Å². The van der Waals surface area contributed by atoms with Crippen LogP contribution >= 0.6 is 11.3 Å². The molecule has 0 radical (unpaired) electrons. The van der Waals surface area contributed by atoms with E-state index in [1.54, 1.807) is 13.0 Å². The number of aromatic nitrogens is 1. The Bertz CT molecular complexity index is 738. The molecule has 0 spiro atoms. The summed E-state index contributed by atoms with van der Waals surface area (Å²) in [5.74, 6) is -1.27. The number of nitrogens with zero attached hydrogens (tertiary/aromatic N) is 2. The number of benzene rings is 1. The first-order valence-electron chi connectivity index (χ1n) is 6.57. The van der Waals surface area contributed by atoms with Gasteiger partial charge in [-0.05, 0) is 25.5 Å². The van der Waals surface area contributed by atoms with E-state index < -0.39 is 12.0 Å². The first kappa shape index (κ1) is 13.8. The highest BCUT2D eigenvalue weighted by atomic mass is 32.1. The van der Waals surface area contributed by atoms with E-state index in [9.17, 15) is 14.7 Å². The second-order valence-electron chi connectivity index (χ2n) is 5.01. The Balaban J connectivity index is 2.07. The standard InChI is InChI=1S/C15H14N2O3S/c1-8-13(21-9(2)16-8)14(18)17-11-6-4-3-5-10(11)7-12(17)15(19)20/h3-6,12H,7H2,1-2H3,(H,19,20)/t12-/m0/s1. The van der Waals surface area contributed by atoms with E-state index in [1.165, 1.54) is 16.2 Å². The number of thiazole rings is 1. The molecule has 5 nitrogen and oxygen atoms in total. The van der Waals surface area contributed by atoms with Gasteiger partial charge in [0.15, 0.2) is 0 Å². The van der Waals surface area contributed by atoms with Gasteiger partial charge in [0.05, 0.1) is 10.7 Å². The number of carboxylic acid groups (broad SMARTS) is 1. The molecule has 2 heterocycles. The molecule has 0 aliphatic carbocycles. The molecular formula is C15H14N2O3S. The van der Waals surface area contributed by atoms with Crippen LogP contribution in [0.2, 0.25) is 0 Å². The topological polar surface area (TPSA) is 70.5 Å². The number of aliphatic carboxylic acids is 1. The molecule has 0 fully saturated rings. The first-order valence-corrected chi connectivity index (χ1v) is 7.39. The van der Waals surface area contributed by atoms with Crippen molar-refractivity contribution in [3.63, 3.8) is 0 Å². The molecule has 0 bridgehead atoms. The first-order chi connectivity index (χ1) is 9.99. The fourth-order valence-electron chi connectivity index (χ4n) is 2.67. The summed E-state index contributed by atoms with van der Waals surface area (Å²) in [5.41, 5.74) is 2.22. The third-order valence-corrected chi connectivity index (χ3v) is 4.64. The Kier molecular flexibility index (Phi) is 3.25. The Morgan fingerprint density at radius 1 is 1.33 bits per heavy atom. The van der Waals surface area contributed by atoms with Crippen molar-refractivity contribution in [1.29, 1.82) is 0 Å². The zero-order valence-corrected chi connectivity index (χ0v) is 12.5. The lowest BCUT2D eigenvalue weighted by molar-refractivity contribution is -0.138. The normalized spacial score (nSPS) is 16.9. The van der Waals surface area contributed by atoms with Gasteiger partial charge in [-0.15, -0.1) is 11.3 Å². The lowest BCUT2D eigenvalue weighted by Gasteiger charge is -2.22. The van der Waals surface area contributed by atoms with Crippen molar-refractivity contribution in [3.8, 4) is 0 Å². The quantitative estimate of drug-likeness (QED) is 0.925. The smallest absolute Gasteiger partial charge is 0.327 e. The van der Waals surface area contributed by atoms with E-state index in [2.05, 4.69) is 4.98 Å². The zero-order chi connectivity index (χ0) is 15.1. The minimum absolute atomic E-state index is 0.282. The fourth-order valence-corrected chi connectivity index (χ4v) is 3.53. The summed E-state index contributed by atoms with van der Waals surface area (Å²) in [7, 11) is 0. The predicted molar refractivity (Wildman–Crippen MR) is 80.0 cm³/mol. The van der Waals surface area contributed by atoms with Crippen LogP contribution in [0.5, 0.6) is 0 Å². The molecule has 0 saturated carbocycles.